The number of fused-ring (bicyclic) bond motifs is 1. The van der Waals surface area contributed by atoms with Crippen LogP contribution in [0.15, 0.2) is 36.5 Å². The molecule has 0 atom stereocenters. The molecule has 1 saturated heterocycles. The van der Waals surface area contributed by atoms with Crippen molar-refractivity contribution < 1.29 is 14.3 Å². The minimum Gasteiger partial charge on any atom is -0.490 e. The third-order valence-electron chi connectivity index (χ3n) is 5.13. The summed E-state index contributed by atoms with van der Waals surface area (Å²) in [4.78, 5) is 23.1. The van der Waals surface area contributed by atoms with Crippen molar-refractivity contribution >= 4 is 22.8 Å². The number of morpholine rings is 1. The number of nitrogens with zero attached hydrogens (tertiary/aromatic N) is 3. The Labute approximate surface area is 164 Å². The van der Waals surface area contributed by atoms with Crippen molar-refractivity contribution in [1.82, 2.24) is 14.9 Å². The number of benzene rings is 1. The van der Waals surface area contributed by atoms with Crippen LogP contribution < -0.4 is 10.1 Å². The lowest BCUT2D eigenvalue weighted by Gasteiger charge is -2.24. The average molecular weight is 382 g/mol. The van der Waals surface area contributed by atoms with Crippen LogP contribution in [0.25, 0.3) is 10.9 Å². The van der Waals surface area contributed by atoms with E-state index in [0.29, 0.717) is 12.1 Å². The molecule has 7 heteroatoms. The largest absolute Gasteiger partial charge is 0.490 e. The van der Waals surface area contributed by atoms with Crippen LogP contribution in [0.4, 0.5) is 5.95 Å². The molecule has 28 heavy (non-hydrogen) atoms. The first kappa shape index (κ1) is 18.8. The van der Waals surface area contributed by atoms with E-state index in [9.17, 15) is 4.79 Å². The molecule has 0 unspecified atom stereocenters. The number of ether oxygens (including phenoxy) is 2. The lowest BCUT2D eigenvalue weighted by atomic mass is 10.2. The minimum absolute atomic E-state index is 0.231. The van der Waals surface area contributed by atoms with Gasteiger partial charge in [-0.1, -0.05) is 6.08 Å². The summed E-state index contributed by atoms with van der Waals surface area (Å²) < 4.78 is 11.4. The zero-order valence-corrected chi connectivity index (χ0v) is 16.0. The molecule has 1 N–H and O–H groups in total. The number of hydrogen-bond donors (Lipinski definition) is 1. The van der Waals surface area contributed by atoms with E-state index in [1.54, 1.807) is 6.20 Å². The summed E-state index contributed by atoms with van der Waals surface area (Å²) >= 11 is 0. The van der Waals surface area contributed by atoms with Crippen LogP contribution in [-0.2, 0) is 9.53 Å². The van der Waals surface area contributed by atoms with Crippen LogP contribution in [0.1, 0.15) is 25.7 Å². The Hall–Kier alpha value is -2.51. The smallest absolute Gasteiger partial charge is 0.250 e. The molecule has 1 aromatic heterocycles. The molecule has 2 aromatic rings. The monoisotopic (exact) mass is 382 g/mol. The Balaban J connectivity index is 1.36. The molecule has 1 amide bonds. The van der Waals surface area contributed by atoms with E-state index < -0.39 is 0 Å². The average Bonchev–Trinajstić information content (AvgIpc) is 3.21. The zero-order valence-electron chi connectivity index (χ0n) is 16.0. The fraction of sp³-hybridized carbons (Fsp3) is 0.476. The number of aromatic nitrogens is 2. The predicted octanol–water partition coefficient (Wildman–Crippen LogP) is 2.78. The van der Waals surface area contributed by atoms with E-state index in [1.807, 2.05) is 24.3 Å². The quantitative estimate of drug-likeness (QED) is 0.774. The molecule has 2 aliphatic rings. The Morgan fingerprint density at radius 2 is 2.11 bits per heavy atom. The Morgan fingerprint density at radius 3 is 2.93 bits per heavy atom. The maximum Gasteiger partial charge on any atom is 0.250 e. The molecule has 1 aliphatic heterocycles. The van der Waals surface area contributed by atoms with Gasteiger partial charge in [0.05, 0.1) is 24.8 Å². The van der Waals surface area contributed by atoms with Gasteiger partial charge in [0, 0.05) is 43.4 Å². The number of nitrogens with one attached hydrogen (secondary N) is 1. The maximum atomic E-state index is 12.1. The molecule has 0 bridgehead atoms. The van der Waals surface area contributed by atoms with Crippen LogP contribution in [0.3, 0.4) is 0 Å². The Morgan fingerprint density at radius 1 is 1.29 bits per heavy atom. The normalized spacial score (nSPS) is 18.7. The lowest BCUT2D eigenvalue weighted by Crippen LogP contribution is -2.36. The van der Waals surface area contributed by atoms with Crippen LogP contribution >= 0.6 is 0 Å². The van der Waals surface area contributed by atoms with Crippen LogP contribution in [0.5, 0.6) is 5.75 Å². The van der Waals surface area contributed by atoms with Gasteiger partial charge < -0.3 is 9.47 Å². The van der Waals surface area contributed by atoms with Crippen molar-refractivity contribution in [2.75, 3.05) is 38.2 Å². The van der Waals surface area contributed by atoms with Crippen molar-refractivity contribution in [3.05, 3.63) is 36.5 Å². The molecule has 4 rings (SSSR count). The van der Waals surface area contributed by atoms with E-state index in [-0.39, 0.29) is 5.91 Å². The standard InChI is InChI=1S/C21H26N4O3/c26-20(6-3-9-25-10-12-27-13-11-25)24-21-22-15-16-7-8-18(14-19(16)23-21)28-17-4-1-2-5-17/h3,6-8,14-15,17H,1-2,4-5,9-13H2,(H,22,23,24,26). The predicted molar refractivity (Wildman–Crippen MR) is 107 cm³/mol. The fourth-order valence-electron chi connectivity index (χ4n) is 3.58. The van der Waals surface area contributed by atoms with Gasteiger partial charge in [0.15, 0.2) is 0 Å². The molecule has 148 valence electrons. The number of hydrogen-bond acceptors (Lipinski definition) is 6. The van der Waals surface area contributed by atoms with Gasteiger partial charge >= 0.3 is 0 Å². The van der Waals surface area contributed by atoms with Crippen molar-refractivity contribution in [3.63, 3.8) is 0 Å². The number of anilines is 1. The molecule has 0 spiro atoms. The SMILES string of the molecule is O=C(C=CCN1CCOCC1)Nc1ncc2ccc(OC3CCCC3)cc2n1. The van der Waals surface area contributed by atoms with Gasteiger partial charge in [-0.3, -0.25) is 15.0 Å². The molecule has 1 saturated carbocycles. The lowest BCUT2D eigenvalue weighted by molar-refractivity contribution is -0.112. The summed E-state index contributed by atoms with van der Waals surface area (Å²) in [6.45, 7) is 4.02. The number of carbonyl (C=O) groups excluding carboxylic acids is 1. The van der Waals surface area contributed by atoms with Gasteiger partial charge in [-0.05, 0) is 37.8 Å². The Bertz CT molecular complexity index is 843. The highest BCUT2D eigenvalue weighted by molar-refractivity contribution is 5.98. The molecule has 2 fully saturated rings. The van der Waals surface area contributed by atoms with Gasteiger partial charge in [0.2, 0.25) is 11.9 Å². The van der Waals surface area contributed by atoms with Crippen molar-refractivity contribution in [2.45, 2.75) is 31.8 Å². The third kappa shape index (κ3) is 5.05. The Kier molecular flexibility index (Phi) is 6.14. The molecule has 1 aromatic carbocycles. The first-order valence-corrected chi connectivity index (χ1v) is 9.97. The highest BCUT2D eigenvalue weighted by Gasteiger charge is 2.16. The topological polar surface area (TPSA) is 76.6 Å². The van der Waals surface area contributed by atoms with Crippen LogP contribution in [0, 0.1) is 0 Å². The summed E-state index contributed by atoms with van der Waals surface area (Å²) in [5, 5.41) is 3.65. The van der Waals surface area contributed by atoms with Crippen molar-refractivity contribution in [3.8, 4) is 5.75 Å². The molecule has 1 aliphatic carbocycles. The molecule has 2 heterocycles. The van der Waals surface area contributed by atoms with Gasteiger partial charge in [0.25, 0.3) is 0 Å². The van der Waals surface area contributed by atoms with Gasteiger partial charge in [-0.2, -0.15) is 0 Å². The number of carbonyl (C=O) groups is 1. The molecule has 7 nitrogen and oxygen atoms in total. The molecular weight excluding hydrogens is 356 g/mol. The third-order valence-corrected chi connectivity index (χ3v) is 5.13. The highest BCUT2D eigenvalue weighted by atomic mass is 16.5. The summed E-state index contributed by atoms with van der Waals surface area (Å²) in [6.07, 6.45) is 10.1. The second-order valence-corrected chi connectivity index (χ2v) is 7.24. The summed E-state index contributed by atoms with van der Waals surface area (Å²) in [5.74, 6) is 0.887. The second-order valence-electron chi connectivity index (χ2n) is 7.24. The summed E-state index contributed by atoms with van der Waals surface area (Å²) in [7, 11) is 0. The zero-order chi connectivity index (χ0) is 19.2. The van der Waals surface area contributed by atoms with Gasteiger partial charge in [0.1, 0.15) is 5.75 Å². The van der Waals surface area contributed by atoms with E-state index in [0.717, 1.165) is 62.3 Å². The van der Waals surface area contributed by atoms with E-state index in [2.05, 4.69) is 20.2 Å². The molecular formula is C21H26N4O3. The second kappa shape index (κ2) is 9.12. The van der Waals surface area contributed by atoms with Gasteiger partial charge in [-0.15, -0.1) is 0 Å². The number of rotatable bonds is 6. The van der Waals surface area contributed by atoms with Crippen LogP contribution in [-0.4, -0.2) is 59.7 Å². The van der Waals surface area contributed by atoms with Crippen LogP contribution in [0.2, 0.25) is 0 Å². The van der Waals surface area contributed by atoms with Gasteiger partial charge in [-0.25, -0.2) is 9.97 Å². The van der Waals surface area contributed by atoms with Crippen molar-refractivity contribution in [1.29, 1.82) is 0 Å². The number of amides is 1. The first-order valence-electron chi connectivity index (χ1n) is 9.97. The minimum atomic E-state index is -0.231. The summed E-state index contributed by atoms with van der Waals surface area (Å²) in [6, 6.07) is 5.82. The highest BCUT2D eigenvalue weighted by Crippen LogP contribution is 2.26. The van der Waals surface area contributed by atoms with E-state index in [4.69, 9.17) is 9.47 Å². The van der Waals surface area contributed by atoms with Crippen molar-refractivity contribution in [2.24, 2.45) is 0 Å². The first-order chi connectivity index (χ1) is 13.8. The fourth-order valence-corrected chi connectivity index (χ4v) is 3.58. The maximum absolute atomic E-state index is 12.1. The van der Waals surface area contributed by atoms with E-state index >= 15 is 0 Å². The summed E-state index contributed by atoms with van der Waals surface area (Å²) in [5.41, 5.74) is 0.762. The molecule has 0 radical (unpaired) electrons. The van der Waals surface area contributed by atoms with E-state index in [1.165, 1.54) is 18.9 Å².